The molecule has 186 valence electrons. The van der Waals surface area contributed by atoms with Gasteiger partial charge < -0.3 is 16.2 Å². The molecule has 4 rings (SSSR count). The van der Waals surface area contributed by atoms with Crippen molar-refractivity contribution in [1.29, 1.82) is 0 Å². The number of carbonyl (C=O) groups excluding carboxylic acids is 2. The molecule has 2 heterocycles. The van der Waals surface area contributed by atoms with Crippen LogP contribution in [0.15, 0.2) is 54.6 Å². The van der Waals surface area contributed by atoms with Gasteiger partial charge in [-0.1, -0.05) is 42.5 Å². The van der Waals surface area contributed by atoms with Gasteiger partial charge in [-0.25, -0.2) is 4.98 Å². The Morgan fingerprint density at radius 2 is 1.86 bits per heavy atom. The minimum absolute atomic E-state index is 0.0185. The second-order valence-corrected chi connectivity index (χ2v) is 8.28. The number of nitrogens with two attached hydrogens (primary N) is 1. The number of alkyl halides is 3. The summed E-state index contributed by atoms with van der Waals surface area (Å²) >= 11 is 0. The van der Waals surface area contributed by atoms with E-state index in [2.05, 4.69) is 15.4 Å². The fourth-order valence-corrected chi connectivity index (χ4v) is 3.84. The van der Waals surface area contributed by atoms with Crippen molar-refractivity contribution in [3.8, 4) is 0 Å². The van der Waals surface area contributed by atoms with Crippen molar-refractivity contribution in [2.45, 2.75) is 32.7 Å². The van der Waals surface area contributed by atoms with E-state index in [0.29, 0.717) is 22.0 Å². The summed E-state index contributed by atoms with van der Waals surface area (Å²) in [6.07, 6.45) is -5.59. The van der Waals surface area contributed by atoms with Crippen molar-refractivity contribution in [2.24, 2.45) is 5.73 Å². The molecule has 1 atom stereocenters. The van der Waals surface area contributed by atoms with E-state index in [1.165, 1.54) is 6.92 Å². The van der Waals surface area contributed by atoms with E-state index in [1.54, 1.807) is 55.5 Å². The quantitative estimate of drug-likeness (QED) is 0.368. The molecule has 2 aromatic heterocycles. The van der Waals surface area contributed by atoms with Gasteiger partial charge in [0.15, 0.2) is 5.69 Å². The Hall–Kier alpha value is -4.25. The SMILES string of the molecule is Cc1c(NC(=O)c2cc(C(N)=O)nc3ccccc23)c(C(F)(F)F)nn1Cc1cccc(C(C)O)c1. The second-order valence-electron chi connectivity index (χ2n) is 8.28. The number of aliphatic hydroxyl groups excluding tert-OH is 1. The van der Waals surface area contributed by atoms with Gasteiger partial charge in [-0.3, -0.25) is 14.3 Å². The maximum atomic E-state index is 13.9. The van der Waals surface area contributed by atoms with Gasteiger partial charge in [-0.2, -0.15) is 18.3 Å². The van der Waals surface area contributed by atoms with Crippen LogP contribution in [-0.4, -0.2) is 31.7 Å². The number of anilines is 1. The van der Waals surface area contributed by atoms with Gasteiger partial charge in [0.05, 0.1) is 35.1 Å². The Balaban J connectivity index is 1.76. The number of nitrogens with zero attached hydrogens (tertiary/aromatic N) is 3. The highest BCUT2D eigenvalue weighted by atomic mass is 19.4. The maximum Gasteiger partial charge on any atom is 0.437 e. The van der Waals surface area contributed by atoms with Crippen LogP contribution in [-0.2, 0) is 12.7 Å². The molecule has 2 aromatic carbocycles. The van der Waals surface area contributed by atoms with E-state index in [-0.39, 0.29) is 23.5 Å². The maximum absolute atomic E-state index is 13.9. The van der Waals surface area contributed by atoms with Crippen LogP contribution < -0.4 is 11.1 Å². The van der Waals surface area contributed by atoms with E-state index < -0.39 is 35.5 Å². The summed E-state index contributed by atoms with van der Waals surface area (Å²) < 4.78 is 42.8. The molecule has 0 saturated heterocycles. The first-order valence-corrected chi connectivity index (χ1v) is 10.9. The van der Waals surface area contributed by atoms with Gasteiger partial charge >= 0.3 is 6.18 Å². The number of carbonyl (C=O) groups is 2. The van der Waals surface area contributed by atoms with Gasteiger partial charge in [0.1, 0.15) is 5.69 Å². The van der Waals surface area contributed by atoms with Crippen LogP contribution in [0.2, 0.25) is 0 Å². The Bertz CT molecular complexity index is 1480. The summed E-state index contributed by atoms with van der Waals surface area (Å²) in [5, 5.41) is 16.2. The first-order chi connectivity index (χ1) is 17.0. The summed E-state index contributed by atoms with van der Waals surface area (Å²) in [4.78, 5) is 29.0. The zero-order chi connectivity index (χ0) is 26.2. The normalized spacial score (nSPS) is 12.5. The summed E-state index contributed by atoms with van der Waals surface area (Å²) in [7, 11) is 0. The number of rotatable bonds is 6. The first-order valence-electron chi connectivity index (χ1n) is 10.9. The highest BCUT2D eigenvalue weighted by Gasteiger charge is 2.39. The minimum Gasteiger partial charge on any atom is -0.389 e. The third kappa shape index (κ3) is 4.91. The largest absolute Gasteiger partial charge is 0.437 e. The molecule has 36 heavy (non-hydrogen) atoms. The van der Waals surface area contributed by atoms with Gasteiger partial charge in [0, 0.05) is 5.39 Å². The van der Waals surface area contributed by atoms with Crippen molar-refractivity contribution >= 4 is 28.4 Å². The molecule has 0 aliphatic rings. The lowest BCUT2D eigenvalue weighted by Crippen LogP contribution is -2.19. The van der Waals surface area contributed by atoms with Crippen LogP contribution in [0.5, 0.6) is 0 Å². The summed E-state index contributed by atoms with van der Waals surface area (Å²) in [5.41, 5.74) is 4.92. The summed E-state index contributed by atoms with van der Waals surface area (Å²) in [5.74, 6) is -1.76. The zero-order valence-electron chi connectivity index (χ0n) is 19.3. The number of benzene rings is 2. The summed E-state index contributed by atoms with van der Waals surface area (Å²) in [6, 6.07) is 14.3. The predicted octanol–water partition coefficient (Wildman–Crippen LogP) is 4.21. The number of para-hydroxylation sites is 1. The molecule has 0 radical (unpaired) electrons. The van der Waals surface area contributed by atoms with Crippen molar-refractivity contribution in [3.63, 3.8) is 0 Å². The Labute approximate surface area is 203 Å². The van der Waals surface area contributed by atoms with Crippen LogP contribution >= 0.6 is 0 Å². The Morgan fingerprint density at radius 3 is 2.53 bits per heavy atom. The molecule has 0 aliphatic heterocycles. The number of hydrogen-bond acceptors (Lipinski definition) is 5. The predicted molar refractivity (Wildman–Crippen MR) is 126 cm³/mol. The number of hydrogen-bond donors (Lipinski definition) is 3. The fraction of sp³-hybridized carbons (Fsp3) is 0.200. The van der Waals surface area contributed by atoms with Gasteiger partial charge in [-0.05, 0) is 37.1 Å². The van der Waals surface area contributed by atoms with Gasteiger partial charge in [0.2, 0.25) is 0 Å². The average molecular weight is 497 g/mol. The van der Waals surface area contributed by atoms with E-state index in [4.69, 9.17) is 5.73 Å². The van der Waals surface area contributed by atoms with Crippen LogP contribution in [0.25, 0.3) is 10.9 Å². The molecule has 1 unspecified atom stereocenters. The molecule has 4 aromatic rings. The van der Waals surface area contributed by atoms with Crippen molar-refractivity contribution < 1.29 is 27.9 Å². The molecule has 0 saturated carbocycles. The topological polar surface area (TPSA) is 123 Å². The van der Waals surface area contributed by atoms with Crippen molar-refractivity contribution in [1.82, 2.24) is 14.8 Å². The van der Waals surface area contributed by atoms with E-state index in [9.17, 15) is 27.9 Å². The number of aromatic nitrogens is 3. The Kier molecular flexibility index (Phi) is 6.51. The standard InChI is InChI=1S/C25H22F3N5O3/c1-13-21(31-24(36)18-11-20(23(29)35)30-19-9-4-3-8-17(18)19)22(25(26,27)28)32-33(13)12-15-6-5-7-16(10-15)14(2)34/h3-11,14,34H,12H2,1-2H3,(H2,29,35)(H,31,36). The van der Waals surface area contributed by atoms with Crippen LogP contribution in [0.4, 0.5) is 18.9 Å². The van der Waals surface area contributed by atoms with Crippen molar-refractivity contribution in [2.75, 3.05) is 5.32 Å². The van der Waals surface area contributed by atoms with E-state index in [1.807, 2.05) is 0 Å². The van der Waals surface area contributed by atoms with Crippen LogP contribution in [0.3, 0.4) is 0 Å². The lowest BCUT2D eigenvalue weighted by atomic mass is 10.1. The number of amides is 2. The number of halogens is 3. The molecule has 8 nitrogen and oxygen atoms in total. The average Bonchev–Trinajstić information content (AvgIpc) is 3.13. The van der Waals surface area contributed by atoms with Gasteiger partial charge in [0.25, 0.3) is 11.8 Å². The lowest BCUT2D eigenvalue weighted by molar-refractivity contribution is -0.140. The summed E-state index contributed by atoms with van der Waals surface area (Å²) in [6.45, 7) is 2.98. The molecule has 4 N–H and O–H groups in total. The molecular formula is C25H22F3N5O3. The molecule has 0 bridgehead atoms. The third-order valence-corrected chi connectivity index (χ3v) is 5.69. The number of aliphatic hydroxyl groups is 1. The molecule has 2 amide bonds. The van der Waals surface area contributed by atoms with Crippen LogP contribution in [0.1, 0.15) is 56.4 Å². The zero-order valence-corrected chi connectivity index (χ0v) is 19.3. The second kappa shape index (κ2) is 9.42. The van der Waals surface area contributed by atoms with E-state index in [0.717, 1.165) is 10.7 Å². The monoisotopic (exact) mass is 497 g/mol. The lowest BCUT2D eigenvalue weighted by Gasteiger charge is -2.12. The Morgan fingerprint density at radius 1 is 1.14 bits per heavy atom. The van der Waals surface area contributed by atoms with Crippen LogP contribution in [0, 0.1) is 6.92 Å². The smallest absolute Gasteiger partial charge is 0.389 e. The number of pyridine rings is 1. The van der Waals surface area contributed by atoms with E-state index >= 15 is 0 Å². The molecule has 11 heteroatoms. The van der Waals surface area contributed by atoms with Crippen molar-refractivity contribution in [3.05, 3.63) is 88.4 Å². The highest BCUT2D eigenvalue weighted by molar-refractivity contribution is 6.14. The third-order valence-electron chi connectivity index (χ3n) is 5.69. The number of nitrogens with one attached hydrogen (secondary N) is 1. The number of fused-ring (bicyclic) bond motifs is 1. The number of primary amides is 1. The molecule has 0 fully saturated rings. The highest BCUT2D eigenvalue weighted by Crippen LogP contribution is 2.36. The molecule has 0 spiro atoms. The minimum atomic E-state index is -4.85. The van der Waals surface area contributed by atoms with Gasteiger partial charge in [-0.15, -0.1) is 0 Å². The molecule has 0 aliphatic carbocycles. The molecular weight excluding hydrogens is 475 g/mol. The first kappa shape index (κ1) is 24.9. The fourth-order valence-electron chi connectivity index (χ4n) is 3.84.